The smallest absolute Gasteiger partial charge is 0.231 e. The highest BCUT2D eigenvalue weighted by Gasteiger charge is 2.18. The average Bonchev–Trinajstić information content (AvgIpc) is 2.29. The first-order chi connectivity index (χ1) is 8.95. The molecule has 19 heavy (non-hydrogen) atoms. The Bertz CT molecular complexity index is 569. The molecule has 1 aromatic carbocycles. The van der Waals surface area contributed by atoms with Gasteiger partial charge in [0.2, 0.25) is 11.8 Å². The summed E-state index contributed by atoms with van der Waals surface area (Å²) < 4.78 is 13.8. The Labute approximate surface area is 109 Å². The van der Waals surface area contributed by atoms with Gasteiger partial charge in [0.1, 0.15) is 11.6 Å². The number of nitrogens with one attached hydrogen (secondary N) is 2. The van der Waals surface area contributed by atoms with Gasteiger partial charge in [0, 0.05) is 12.1 Å². The summed E-state index contributed by atoms with van der Waals surface area (Å²) in [7, 11) is 0. The molecule has 5 nitrogen and oxygen atoms in total. The molecule has 0 aromatic heterocycles. The standard InChI is InChI=1S/C13H13FN2O3/c1-7(17)4-13(19)16-11-6-10-8(5-9(11)14)2-3-12(18)15-10/h5-6H,2-4H2,1H3,(H,15,18)(H,16,19). The first-order valence-electron chi connectivity index (χ1n) is 5.87. The number of ketones is 1. The molecule has 2 amide bonds. The number of Topliss-reactive ketones (excluding diaryl/α,β-unsaturated/α-hetero) is 1. The fraction of sp³-hybridized carbons (Fsp3) is 0.308. The average molecular weight is 264 g/mol. The molecule has 0 fully saturated rings. The van der Waals surface area contributed by atoms with Crippen molar-refractivity contribution in [3.8, 4) is 0 Å². The summed E-state index contributed by atoms with van der Waals surface area (Å²) in [6, 6.07) is 2.66. The molecule has 0 unspecified atom stereocenters. The second-order valence-electron chi connectivity index (χ2n) is 4.46. The molecule has 1 heterocycles. The minimum absolute atomic E-state index is 0.0350. The molecule has 1 aromatic rings. The van der Waals surface area contributed by atoms with Crippen molar-refractivity contribution < 1.29 is 18.8 Å². The van der Waals surface area contributed by atoms with E-state index in [1.54, 1.807) is 0 Å². The van der Waals surface area contributed by atoms with Crippen LogP contribution in [0.4, 0.5) is 15.8 Å². The van der Waals surface area contributed by atoms with Crippen molar-refractivity contribution in [1.29, 1.82) is 0 Å². The fourth-order valence-electron chi connectivity index (χ4n) is 1.91. The van der Waals surface area contributed by atoms with Crippen LogP contribution in [0.5, 0.6) is 0 Å². The van der Waals surface area contributed by atoms with Crippen LogP contribution in [0.1, 0.15) is 25.3 Å². The van der Waals surface area contributed by atoms with Crippen LogP contribution < -0.4 is 10.6 Å². The van der Waals surface area contributed by atoms with Crippen LogP contribution in [0, 0.1) is 5.82 Å². The second-order valence-corrected chi connectivity index (χ2v) is 4.46. The topological polar surface area (TPSA) is 75.3 Å². The van der Waals surface area contributed by atoms with Crippen LogP contribution >= 0.6 is 0 Å². The second kappa shape index (κ2) is 5.17. The fourth-order valence-corrected chi connectivity index (χ4v) is 1.91. The summed E-state index contributed by atoms with van der Waals surface area (Å²) in [5.74, 6) is -1.59. The number of hydrogen-bond donors (Lipinski definition) is 2. The molecule has 0 aliphatic carbocycles. The van der Waals surface area contributed by atoms with Crippen LogP contribution in [0.25, 0.3) is 0 Å². The molecule has 0 atom stereocenters. The van der Waals surface area contributed by atoms with Crippen molar-refractivity contribution in [3.05, 3.63) is 23.5 Å². The summed E-state index contributed by atoms with van der Waals surface area (Å²) in [5, 5.41) is 4.94. The van der Waals surface area contributed by atoms with Gasteiger partial charge in [0.05, 0.1) is 12.1 Å². The molecule has 100 valence electrons. The number of hydrogen-bond acceptors (Lipinski definition) is 3. The largest absolute Gasteiger partial charge is 0.326 e. The van der Waals surface area contributed by atoms with Crippen LogP contribution in [-0.4, -0.2) is 17.6 Å². The maximum Gasteiger partial charge on any atom is 0.231 e. The number of amides is 2. The highest BCUT2D eigenvalue weighted by molar-refractivity contribution is 6.04. The van der Waals surface area contributed by atoms with Crippen molar-refractivity contribution >= 4 is 29.0 Å². The van der Waals surface area contributed by atoms with E-state index in [1.165, 1.54) is 19.1 Å². The van der Waals surface area contributed by atoms with Gasteiger partial charge in [0.15, 0.2) is 0 Å². The summed E-state index contributed by atoms with van der Waals surface area (Å²) in [6.45, 7) is 1.28. The highest BCUT2D eigenvalue weighted by atomic mass is 19.1. The van der Waals surface area contributed by atoms with E-state index in [1.807, 2.05) is 0 Å². The zero-order chi connectivity index (χ0) is 14.0. The molecule has 0 saturated heterocycles. The van der Waals surface area contributed by atoms with Gasteiger partial charge in [0.25, 0.3) is 0 Å². The third-order valence-electron chi connectivity index (χ3n) is 2.77. The van der Waals surface area contributed by atoms with Gasteiger partial charge in [-0.1, -0.05) is 0 Å². The zero-order valence-electron chi connectivity index (χ0n) is 10.4. The van der Waals surface area contributed by atoms with Gasteiger partial charge in [-0.15, -0.1) is 0 Å². The number of aryl methyl sites for hydroxylation is 1. The Balaban J connectivity index is 2.22. The first-order valence-corrected chi connectivity index (χ1v) is 5.87. The SMILES string of the molecule is CC(=O)CC(=O)Nc1cc2c(cc1F)CCC(=O)N2. The normalized spacial score (nSPS) is 13.5. The van der Waals surface area contributed by atoms with E-state index in [-0.39, 0.29) is 23.8 Å². The van der Waals surface area contributed by atoms with Crippen molar-refractivity contribution in [3.63, 3.8) is 0 Å². The van der Waals surface area contributed by atoms with Crippen LogP contribution in [0.2, 0.25) is 0 Å². The van der Waals surface area contributed by atoms with Gasteiger partial charge in [-0.2, -0.15) is 0 Å². The van der Waals surface area contributed by atoms with Crippen molar-refractivity contribution in [2.75, 3.05) is 10.6 Å². The van der Waals surface area contributed by atoms with E-state index in [0.29, 0.717) is 24.1 Å². The monoisotopic (exact) mass is 264 g/mol. The number of anilines is 2. The third kappa shape index (κ3) is 3.15. The van der Waals surface area contributed by atoms with Gasteiger partial charge in [-0.05, 0) is 31.0 Å². The van der Waals surface area contributed by atoms with E-state index in [9.17, 15) is 18.8 Å². The number of halogens is 1. The number of carbonyl (C=O) groups excluding carboxylic acids is 3. The molecule has 0 saturated carbocycles. The zero-order valence-corrected chi connectivity index (χ0v) is 10.4. The molecule has 1 aliphatic rings. The number of benzene rings is 1. The summed E-state index contributed by atoms with van der Waals surface area (Å²) in [5.41, 5.74) is 1.16. The van der Waals surface area contributed by atoms with Gasteiger partial charge in [-0.25, -0.2) is 4.39 Å². The van der Waals surface area contributed by atoms with Crippen molar-refractivity contribution in [2.45, 2.75) is 26.2 Å². The first kappa shape index (κ1) is 13.2. The lowest BCUT2D eigenvalue weighted by Crippen LogP contribution is -2.20. The van der Waals surface area contributed by atoms with Crippen LogP contribution in [0.15, 0.2) is 12.1 Å². The van der Waals surface area contributed by atoms with Gasteiger partial charge < -0.3 is 10.6 Å². The van der Waals surface area contributed by atoms with Crippen molar-refractivity contribution in [1.82, 2.24) is 0 Å². The van der Waals surface area contributed by atoms with E-state index in [0.717, 1.165) is 0 Å². The lowest BCUT2D eigenvalue weighted by molar-refractivity contribution is -0.124. The van der Waals surface area contributed by atoms with E-state index >= 15 is 0 Å². The van der Waals surface area contributed by atoms with Crippen LogP contribution in [0.3, 0.4) is 0 Å². The molecule has 1 aliphatic heterocycles. The van der Waals surface area contributed by atoms with E-state index in [2.05, 4.69) is 10.6 Å². The van der Waals surface area contributed by atoms with Crippen molar-refractivity contribution in [2.24, 2.45) is 0 Å². The minimum atomic E-state index is -0.577. The molecule has 0 radical (unpaired) electrons. The van der Waals surface area contributed by atoms with E-state index in [4.69, 9.17) is 0 Å². The molecule has 0 spiro atoms. The maximum atomic E-state index is 13.8. The molecular formula is C13H13FN2O3. The molecule has 2 N–H and O–H groups in total. The predicted molar refractivity (Wildman–Crippen MR) is 67.3 cm³/mol. The molecule has 6 heteroatoms. The maximum absolute atomic E-state index is 13.8. The van der Waals surface area contributed by atoms with Crippen LogP contribution in [-0.2, 0) is 20.8 Å². The molecular weight excluding hydrogens is 251 g/mol. The Morgan fingerprint density at radius 2 is 2.11 bits per heavy atom. The number of carbonyl (C=O) groups is 3. The minimum Gasteiger partial charge on any atom is -0.326 e. The Morgan fingerprint density at radius 3 is 2.79 bits per heavy atom. The predicted octanol–water partition coefficient (Wildman–Crippen LogP) is 1.63. The Hall–Kier alpha value is -2.24. The third-order valence-corrected chi connectivity index (χ3v) is 2.77. The summed E-state index contributed by atoms with van der Waals surface area (Å²) >= 11 is 0. The van der Waals surface area contributed by atoms with Gasteiger partial charge in [-0.3, -0.25) is 14.4 Å². The quantitative estimate of drug-likeness (QED) is 0.815. The number of fused-ring (bicyclic) bond motifs is 1. The summed E-state index contributed by atoms with van der Waals surface area (Å²) in [6.07, 6.45) is 0.491. The molecule has 0 bridgehead atoms. The highest BCUT2D eigenvalue weighted by Crippen LogP contribution is 2.28. The summed E-state index contributed by atoms with van der Waals surface area (Å²) in [4.78, 5) is 33.5. The Kier molecular flexibility index (Phi) is 3.59. The Morgan fingerprint density at radius 1 is 1.37 bits per heavy atom. The molecule has 2 rings (SSSR count). The van der Waals surface area contributed by atoms with E-state index < -0.39 is 11.7 Å². The van der Waals surface area contributed by atoms with Gasteiger partial charge >= 0.3 is 0 Å². The number of rotatable bonds is 3. The lowest BCUT2D eigenvalue weighted by Gasteiger charge is -2.18. The lowest BCUT2D eigenvalue weighted by atomic mass is 10.0.